The zero-order valence-corrected chi connectivity index (χ0v) is 20.2. The molecule has 1 saturated heterocycles. The Morgan fingerprint density at radius 2 is 1.40 bits per heavy atom. The third-order valence-electron chi connectivity index (χ3n) is 6.02. The Morgan fingerprint density at radius 1 is 0.800 bits per heavy atom. The highest BCUT2D eigenvalue weighted by Gasteiger charge is 2.26. The van der Waals surface area contributed by atoms with E-state index in [-0.39, 0.29) is 16.7 Å². The Morgan fingerprint density at radius 3 is 2.03 bits per heavy atom. The van der Waals surface area contributed by atoms with Gasteiger partial charge in [-0.25, -0.2) is 8.42 Å². The third-order valence-corrected chi connectivity index (χ3v) is 7.93. The summed E-state index contributed by atoms with van der Waals surface area (Å²) in [6.45, 7) is 1.06. The van der Waals surface area contributed by atoms with Crippen LogP contribution in [0, 0.1) is 0 Å². The third kappa shape index (κ3) is 6.35. The van der Waals surface area contributed by atoms with E-state index in [4.69, 9.17) is 0 Å². The quantitative estimate of drug-likeness (QED) is 0.501. The van der Waals surface area contributed by atoms with Crippen molar-refractivity contribution in [3.63, 3.8) is 0 Å². The lowest BCUT2D eigenvalue weighted by molar-refractivity contribution is -0.118. The molecule has 0 aliphatic carbocycles. The van der Waals surface area contributed by atoms with Gasteiger partial charge in [0.15, 0.2) is 0 Å². The van der Waals surface area contributed by atoms with Crippen LogP contribution in [0.25, 0.3) is 0 Å². The van der Waals surface area contributed by atoms with Crippen LogP contribution in [0.3, 0.4) is 0 Å². The predicted octanol–water partition coefficient (Wildman–Crippen LogP) is 3.84. The summed E-state index contributed by atoms with van der Waals surface area (Å²) in [6, 6.07) is 23.5. The lowest BCUT2D eigenvalue weighted by atomic mass is 10.0. The van der Waals surface area contributed by atoms with Crippen molar-refractivity contribution < 1.29 is 18.0 Å². The highest BCUT2D eigenvalue weighted by Crippen LogP contribution is 2.22. The summed E-state index contributed by atoms with van der Waals surface area (Å²) >= 11 is 0. The summed E-state index contributed by atoms with van der Waals surface area (Å²) < 4.78 is 27.3. The molecule has 0 spiro atoms. The smallest absolute Gasteiger partial charge is 0.251 e. The van der Waals surface area contributed by atoms with E-state index in [1.807, 2.05) is 36.4 Å². The first-order valence-electron chi connectivity index (χ1n) is 11.7. The SMILES string of the molecule is O=C(N[C@@H](Cc1ccccc1)C(=O)Nc1ccc(S(=O)(=O)N2CCCCC2)cc1)c1ccccc1. The monoisotopic (exact) mass is 491 g/mol. The number of nitrogens with one attached hydrogen (secondary N) is 2. The molecule has 3 aromatic rings. The van der Waals surface area contributed by atoms with Crippen LogP contribution in [-0.2, 0) is 21.2 Å². The predicted molar refractivity (Wildman–Crippen MR) is 136 cm³/mol. The minimum Gasteiger partial charge on any atom is -0.340 e. The number of hydrogen-bond acceptors (Lipinski definition) is 4. The van der Waals surface area contributed by atoms with Crippen molar-refractivity contribution in [2.24, 2.45) is 0 Å². The van der Waals surface area contributed by atoms with Crippen LogP contribution < -0.4 is 10.6 Å². The summed E-state index contributed by atoms with van der Waals surface area (Å²) in [5.74, 6) is -0.727. The molecule has 1 aliphatic heterocycles. The van der Waals surface area contributed by atoms with E-state index in [9.17, 15) is 18.0 Å². The number of benzene rings is 3. The number of nitrogens with zero attached hydrogens (tertiary/aromatic N) is 1. The summed E-state index contributed by atoms with van der Waals surface area (Å²) in [4.78, 5) is 26.1. The summed E-state index contributed by atoms with van der Waals surface area (Å²) in [6.07, 6.45) is 3.09. The molecular formula is C27H29N3O4S. The van der Waals surface area contributed by atoms with Crippen LogP contribution in [0.5, 0.6) is 0 Å². The van der Waals surface area contributed by atoms with Gasteiger partial charge in [-0.05, 0) is 54.8 Å². The number of sulfonamides is 1. The molecule has 2 N–H and O–H groups in total. The second-order valence-corrected chi connectivity index (χ2v) is 10.5. The van der Waals surface area contributed by atoms with Crippen molar-refractivity contribution in [1.29, 1.82) is 0 Å². The van der Waals surface area contributed by atoms with E-state index >= 15 is 0 Å². The normalized spacial score (nSPS) is 15.2. The number of hydrogen-bond donors (Lipinski definition) is 2. The molecule has 4 rings (SSSR count). The van der Waals surface area contributed by atoms with E-state index < -0.39 is 16.1 Å². The fraction of sp³-hybridized carbons (Fsp3) is 0.259. The second-order valence-electron chi connectivity index (χ2n) is 8.56. The minimum absolute atomic E-state index is 0.204. The van der Waals surface area contributed by atoms with Crippen molar-refractivity contribution >= 4 is 27.5 Å². The molecule has 3 aromatic carbocycles. The van der Waals surface area contributed by atoms with E-state index in [0.717, 1.165) is 24.8 Å². The Balaban J connectivity index is 1.48. The highest BCUT2D eigenvalue weighted by molar-refractivity contribution is 7.89. The van der Waals surface area contributed by atoms with Crippen LogP contribution in [0.2, 0.25) is 0 Å². The average Bonchev–Trinajstić information content (AvgIpc) is 2.90. The standard InChI is InChI=1S/C27H29N3O4S/c31-26(22-12-6-2-7-13-22)29-25(20-21-10-4-1-5-11-21)27(32)28-23-14-16-24(17-15-23)35(33,34)30-18-8-3-9-19-30/h1-2,4-7,10-17,25H,3,8-9,18-20H2,(H,28,32)(H,29,31)/t25-/m0/s1. The van der Waals surface area contributed by atoms with E-state index in [1.165, 1.54) is 16.4 Å². The van der Waals surface area contributed by atoms with Gasteiger partial charge in [0.2, 0.25) is 15.9 Å². The van der Waals surface area contributed by atoms with Gasteiger partial charge in [-0.2, -0.15) is 4.31 Å². The molecule has 1 heterocycles. The Kier molecular flexibility index (Phi) is 7.94. The second kappa shape index (κ2) is 11.3. The summed E-state index contributed by atoms with van der Waals surface area (Å²) in [5, 5.41) is 5.64. The molecular weight excluding hydrogens is 462 g/mol. The lowest BCUT2D eigenvalue weighted by Crippen LogP contribution is -2.45. The van der Waals surface area contributed by atoms with E-state index in [0.29, 0.717) is 30.8 Å². The lowest BCUT2D eigenvalue weighted by Gasteiger charge is -2.26. The number of anilines is 1. The molecule has 1 atom stereocenters. The molecule has 2 amide bonds. The Hall–Kier alpha value is -3.49. The van der Waals surface area contributed by atoms with Gasteiger partial charge < -0.3 is 10.6 Å². The van der Waals surface area contributed by atoms with Crippen LogP contribution in [-0.4, -0.2) is 43.7 Å². The van der Waals surface area contributed by atoms with Crippen molar-refractivity contribution in [3.8, 4) is 0 Å². The van der Waals surface area contributed by atoms with E-state index in [1.54, 1.807) is 36.4 Å². The molecule has 0 radical (unpaired) electrons. The van der Waals surface area contributed by atoms with Crippen LogP contribution in [0.15, 0.2) is 89.8 Å². The van der Waals surface area contributed by atoms with Gasteiger partial charge >= 0.3 is 0 Å². The van der Waals surface area contributed by atoms with Gasteiger partial charge in [-0.1, -0.05) is 55.0 Å². The average molecular weight is 492 g/mol. The van der Waals surface area contributed by atoms with Gasteiger partial charge in [0.1, 0.15) is 6.04 Å². The molecule has 182 valence electrons. The molecule has 8 heteroatoms. The minimum atomic E-state index is -3.55. The zero-order chi connectivity index (χ0) is 24.7. The molecule has 0 bridgehead atoms. The van der Waals surface area contributed by atoms with Crippen molar-refractivity contribution in [2.45, 2.75) is 36.6 Å². The number of amides is 2. The molecule has 7 nitrogen and oxygen atoms in total. The first kappa shape index (κ1) is 24.6. The van der Waals surface area contributed by atoms with E-state index in [2.05, 4.69) is 10.6 Å². The topological polar surface area (TPSA) is 95.6 Å². The highest BCUT2D eigenvalue weighted by atomic mass is 32.2. The van der Waals surface area contributed by atoms with Crippen LogP contribution in [0.4, 0.5) is 5.69 Å². The maximum absolute atomic E-state index is 13.2. The molecule has 0 unspecified atom stereocenters. The Bertz CT molecular complexity index is 1240. The molecule has 0 saturated carbocycles. The molecule has 1 aliphatic rings. The van der Waals surface area contributed by atoms with Gasteiger partial charge in [-0.3, -0.25) is 9.59 Å². The van der Waals surface area contributed by atoms with Crippen molar-refractivity contribution in [1.82, 2.24) is 9.62 Å². The maximum Gasteiger partial charge on any atom is 0.251 e. The van der Waals surface area contributed by atoms with Gasteiger partial charge in [0, 0.05) is 30.8 Å². The first-order chi connectivity index (χ1) is 16.9. The first-order valence-corrected chi connectivity index (χ1v) is 13.2. The van der Waals surface area contributed by atoms with Crippen LogP contribution >= 0.6 is 0 Å². The molecule has 0 aromatic heterocycles. The fourth-order valence-corrected chi connectivity index (χ4v) is 5.60. The van der Waals surface area contributed by atoms with Gasteiger partial charge in [0.05, 0.1) is 4.90 Å². The number of rotatable bonds is 8. The van der Waals surface area contributed by atoms with Gasteiger partial charge in [-0.15, -0.1) is 0 Å². The van der Waals surface area contributed by atoms with Crippen molar-refractivity contribution in [3.05, 3.63) is 96.1 Å². The number of carbonyl (C=O) groups is 2. The summed E-state index contributed by atoms with van der Waals surface area (Å²) in [5.41, 5.74) is 1.83. The Labute approximate surface area is 206 Å². The molecule has 1 fully saturated rings. The zero-order valence-electron chi connectivity index (χ0n) is 19.4. The fourth-order valence-electron chi connectivity index (χ4n) is 4.08. The maximum atomic E-state index is 13.2. The molecule has 35 heavy (non-hydrogen) atoms. The summed E-state index contributed by atoms with van der Waals surface area (Å²) in [7, 11) is -3.55. The van der Waals surface area contributed by atoms with Gasteiger partial charge in [0.25, 0.3) is 5.91 Å². The van der Waals surface area contributed by atoms with Crippen LogP contribution in [0.1, 0.15) is 35.2 Å². The van der Waals surface area contributed by atoms with Crippen molar-refractivity contribution in [2.75, 3.05) is 18.4 Å². The number of piperidine rings is 1. The number of carbonyl (C=O) groups excluding carboxylic acids is 2. The largest absolute Gasteiger partial charge is 0.340 e.